The number of hydrogen-bond donors (Lipinski definition) is 0. The van der Waals surface area contributed by atoms with Gasteiger partial charge >= 0.3 is 0 Å². The van der Waals surface area contributed by atoms with Crippen molar-refractivity contribution in [3.05, 3.63) is 0 Å². The van der Waals surface area contributed by atoms with Crippen molar-refractivity contribution in [2.45, 2.75) is 51.4 Å². The van der Waals surface area contributed by atoms with Crippen LogP contribution >= 0.6 is 0 Å². The van der Waals surface area contributed by atoms with Gasteiger partial charge in [0.15, 0.2) is 0 Å². The van der Waals surface area contributed by atoms with Crippen LogP contribution in [-0.2, 0) is 0 Å². The Labute approximate surface area is 79.8 Å². The lowest BCUT2D eigenvalue weighted by Gasteiger charge is -2.34. The van der Waals surface area contributed by atoms with Gasteiger partial charge in [-0.2, -0.15) is 0 Å². The SMILES string of the molecule is CC#CC([Si](C)(C)C)[Si](C)(C)C. The highest BCUT2D eigenvalue weighted by Crippen LogP contribution is 2.31. The summed E-state index contributed by atoms with van der Waals surface area (Å²) in [7, 11) is -2.11. The maximum Gasteiger partial charge on any atom is 0.0578 e. The van der Waals surface area contributed by atoms with Gasteiger partial charge in [-0.05, 0) is 6.92 Å². The van der Waals surface area contributed by atoms with E-state index in [0.717, 1.165) is 5.16 Å². The Balaban J connectivity index is 4.78. The quantitative estimate of drug-likeness (QED) is 0.470. The van der Waals surface area contributed by atoms with E-state index in [-0.39, 0.29) is 0 Å². The second-order valence-corrected chi connectivity index (χ2v) is 16.8. The molecular weight excluding hydrogens is 176 g/mol. The third kappa shape index (κ3) is 3.60. The zero-order chi connectivity index (χ0) is 9.99. The fraction of sp³-hybridized carbons (Fsp3) is 0.800. The van der Waals surface area contributed by atoms with Crippen molar-refractivity contribution in [3.63, 3.8) is 0 Å². The minimum absolute atomic E-state index is 0.745. The van der Waals surface area contributed by atoms with Gasteiger partial charge in [0.25, 0.3) is 0 Å². The van der Waals surface area contributed by atoms with Crippen LogP contribution in [0.1, 0.15) is 6.92 Å². The van der Waals surface area contributed by atoms with Crippen LogP contribution in [0.4, 0.5) is 0 Å². The maximum absolute atomic E-state index is 3.44. The van der Waals surface area contributed by atoms with E-state index >= 15 is 0 Å². The van der Waals surface area contributed by atoms with Crippen LogP contribution in [0.25, 0.3) is 0 Å². The van der Waals surface area contributed by atoms with Crippen LogP contribution in [0.3, 0.4) is 0 Å². The summed E-state index contributed by atoms with van der Waals surface area (Å²) < 4.78 is 0. The molecule has 0 aliphatic rings. The smallest absolute Gasteiger partial charge is 0.0578 e. The van der Waals surface area contributed by atoms with Crippen LogP contribution in [0.15, 0.2) is 0 Å². The number of rotatable bonds is 2. The first-order chi connectivity index (χ1) is 5.19. The van der Waals surface area contributed by atoms with Crippen LogP contribution < -0.4 is 0 Å². The van der Waals surface area contributed by atoms with Crippen LogP contribution in [0.5, 0.6) is 0 Å². The van der Waals surface area contributed by atoms with Gasteiger partial charge in [0.1, 0.15) is 0 Å². The van der Waals surface area contributed by atoms with Crippen LogP contribution in [-0.4, -0.2) is 16.1 Å². The Morgan fingerprint density at radius 3 is 1.25 bits per heavy atom. The first-order valence-corrected chi connectivity index (χ1v) is 11.8. The largest absolute Gasteiger partial charge is 0.107 e. The van der Waals surface area contributed by atoms with Crippen molar-refractivity contribution in [1.82, 2.24) is 0 Å². The van der Waals surface area contributed by atoms with Crippen molar-refractivity contribution >= 4 is 16.1 Å². The fourth-order valence-electron chi connectivity index (χ4n) is 1.88. The molecule has 0 aliphatic carbocycles. The Morgan fingerprint density at radius 2 is 1.17 bits per heavy atom. The molecule has 0 aliphatic heterocycles. The van der Waals surface area contributed by atoms with E-state index in [2.05, 4.69) is 51.1 Å². The zero-order valence-electron chi connectivity index (χ0n) is 9.58. The molecule has 0 atom stereocenters. The zero-order valence-corrected chi connectivity index (χ0v) is 11.6. The number of hydrogen-bond acceptors (Lipinski definition) is 0. The highest BCUT2D eigenvalue weighted by atomic mass is 28.4. The molecule has 0 rings (SSSR count). The predicted molar refractivity (Wildman–Crippen MR) is 63.9 cm³/mol. The van der Waals surface area contributed by atoms with Gasteiger partial charge in [-0.3, -0.25) is 0 Å². The second kappa shape index (κ2) is 3.80. The molecule has 0 radical (unpaired) electrons. The molecule has 0 saturated carbocycles. The van der Waals surface area contributed by atoms with Gasteiger partial charge in [-0.1, -0.05) is 39.3 Å². The Hall–Kier alpha value is -0.00623. The normalized spacial score (nSPS) is 12.7. The van der Waals surface area contributed by atoms with Crippen LogP contribution in [0.2, 0.25) is 44.4 Å². The van der Waals surface area contributed by atoms with Gasteiger partial charge in [0.05, 0.1) is 16.1 Å². The molecule has 70 valence electrons. The van der Waals surface area contributed by atoms with E-state index in [4.69, 9.17) is 0 Å². The van der Waals surface area contributed by atoms with E-state index in [1.165, 1.54) is 0 Å². The molecule has 0 unspecified atom stereocenters. The molecule has 0 saturated heterocycles. The summed E-state index contributed by atoms with van der Waals surface area (Å²) in [5.41, 5.74) is 0. The van der Waals surface area contributed by atoms with E-state index in [0.29, 0.717) is 0 Å². The topological polar surface area (TPSA) is 0 Å². The van der Waals surface area contributed by atoms with Crippen molar-refractivity contribution in [2.24, 2.45) is 0 Å². The molecule has 0 fully saturated rings. The first-order valence-electron chi connectivity index (χ1n) is 4.62. The fourth-order valence-corrected chi connectivity index (χ4v) is 13.4. The van der Waals surface area contributed by atoms with Gasteiger partial charge < -0.3 is 0 Å². The molecule has 0 amide bonds. The lowest BCUT2D eigenvalue weighted by atomic mass is 10.7. The molecule has 0 heterocycles. The molecule has 0 bridgehead atoms. The maximum atomic E-state index is 3.44. The molecule has 0 spiro atoms. The van der Waals surface area contributed by atoms with Gasteiger partial charge in [0.2, 0.25) is 0 Å². The van der Waals surface area contributed by atoms with Gasteiger partial charge in [0, 0.05) is 5.16 Å². The summed E-state index contributed by atoms with van der Waals surface area (Å²) in [4.78, 5) is 0. The molecule has 0 aromatic heterocycles. The lowest BCUT2D eigenvalue weighted by molar-refractivity contribution is 1.35. The predicted octanol–water partition coefficient (Wildman–Crippen LogP) is 3.60. The summed E-state index contributed by atoms with van der Waals surface area (Å²) in [5.74, 6) is 6.54. The van der Waals surface area contributed by atoms with Gasteiger partial charge in [-0.25, -0.2) is 0 Å². The molecule has 12 heavy (non-hydrogen) atoms. The highest BCUT2D eigenvalue weighted by Gasteiger charge is 2.35. The van der Waals surface area contributed by atoms with E-state index in [1.807, 2.05) is 6.92 Å². The lowest BCUT2D eigenvalue weighted by Crippen LogP contribution is -2.42. The second-order valence-electron chi connectivity index (χ2n) is 5.56. The molecule has 2 heteroatoms. The Morgan fingerprint density at radius 1 is 0.833 bits per heavy atom. The Kier molecular flexibility index (Phi) is 3.80. The highest BCUT2D eigenvalue weighted by molar-refractivity contribution is 6.97. The molecule has 0 aromatic rings. The summed E-state index contributed by atoms with van der Waals surface area (Å²) in [6, 6.07) is 0. The van der Waals surface area contributed by atoms with E-state index in [9.17, 15) is 0 Å². The van der Waals surface area contributed by atoms with Crippen LogP contribution in [0, 0.1) is 11.8 Å². The minimum atomic E-state index is -1.05. The van der Waals surface area contributed by atoms with Gasteiger partial charge in [-0.15, -0.1) is 11.8 Å². The van der Waals surface area contributed by atoms with Crippen molar-refractivity contribution in [2.75, 3.05) is 0 Å². The van der Waals surface area contributed by atoms with Crippen molar-refractivity contribution < 1.29 is 0 Å². The Bertz CT molecular complexity index is 181. The molecule has 0 nitrogen and oxygen atoms in total. The minimum Gasteiger partial charge on any atom is -0.107 e. The van der Waals surface area contributed by atoms with E-state index < -0.39 is 16.1 Å². The summed E-state index contributed by atoms with van der Waals surface area (Å²) >= 11 is 0. The average Bonchev–Trinajstić information content (AvgIpc) is 1.77. The first kappa shape index (κ1) is 12.0. The summed E-state index contributed by atoms with van der Waals surface area (Å²) in [6.07, 6.45) is 0. The molecule has 0 aromatic carbocycles. The van der Waals surface area contributed by atoms with Crippen molar-refractivity contribution in [1.29, 1.82) is 0 Å². The third-order valence-corrected chi connectivity index (χ3v) is 11.0. The summed E-state index contributed by atoms with van der Waals surface area (Å²) in [6.45, 7) is 16.6. The third-order valence-electron chi connectivity index (χ3n) is 2.02. The van der Waals surface area contributed by atoms with E-state index in [1.54, 1.807) is 0 Å². The summed E-state index contributed by atoms with van der Waals surface area (Å²) in [5, 5.41) is 0.745. The molecule has 0 N–H and O–H groups in total. The average molecular weight is 198 g/mol. The monoisotopic (exact) mass is 198 g/mol. The standard InChI is InChI=1S/C10H22Si2/c1-8-9-10(11(2,3)4)12(5,6)7/h10H,1-7H3. The van der Waals surface area contributed by atoms with Crippen molar-refractivity contribution in [3.8, 4) is 11.8 Å². The molecular formula is C10H22Si2.